The van der Waals surface area contributed by atoms with E-state index in [0.717, 1.165) is 23.4 Å². The van der Waals surface area contributed by atoms with Crippen molar-refractivity contribution in [3.63, 3.8) is 0 Å². The molecule has 2 N–H and O–H groups in total. The molecule has 0 spiro atoms. The molecule has 2 aromatic carbocycles. The molecule has 0 amide bonds. The summed E-state index contributed by atoms with van der Waals surface area (Å²) < 4.78 is 47.1. The van der Waals surface area contributed by atoms with Gasteiger partial charge in [-0.05, 0) is 49.5 Å². The molecule has 0 unspecified atom stereocenters. The average molecular weight is 566 g/mol. The van der Waals surface area contributed by atoms with Crippen LogP contribution in [0, 0.1) is 0 Å². The molecule has 0 fully saturated rings. The molecule has 178 valence electrons. The number of ether oxygens (including phenoxy) is 2. The maximum atomic E-state index is 12.2. The van der Waals surface area contributed by atoms with Gasteiger partial charge in [0.05, 0.1) is 0 Å². The first-order valence-corrected chi connectivity index (χ1v) is 9.84. The second-order valence-electron chi connectivity index (χ2n) is 7.13. The highest BCUT2D eigenvalue weighted by Crippen LogP contribution is 2.19. The van der Waals surface area contributed by atoms with Crippen molar-refractivity contribution < 1.29 is 22.6 Å². The van der Waals surface area contributed by atoms with Crippen molar-refractivity contribution in [2.24, 2.45) is 4.99 Å². The Morgan fingerprint density at radius 1 is 0.938 bits per heavy atom. The highest BCUT2D eigenvalue weighted by atomic mass is 127. The highest BCUT2D eigenvalue weighted by Gasteiger charge is 2.28. The molecule has 2 rings (SSSR count). The van der Waals surface area contributed by atoms with Crippen molar-refractivity contribution in [3.8, 4) is 11.5 Å². The third-order valence-corrected chi connectivity index (χ3v) is 4.18. The Kier molecular flexibility index (Phi) is 12.2. The summed E-state index contributed by atoms with van der Waals surface area (Å²) in [7, 11) is 5.67. The number of rotatable bonds is 10. The molecule has 32 heavy (non-hydrogen) atoms. The van der Waals surface area contributed by atoms with Gasteiger partial charge in [-0.3, -0.25) is 4.99 Å². The van der Waals surface area contributed by atoms with Gasteiger partial charge in [-0.25, -0.2) is 0 Å². The molecule has 6 nitrogen and oxygen atoms in total. The van der Waals surface area contributed by atoms with Crippen LogP contribution < -0.4 is 20.1 Å². The summed E-state index contributed by atoms with van der Waals surface area (Å²) >= 11 is 0. The Morgan fingerprint density at radius 2 is 1.59 bits per heavy atom. The molecule has 0 aliphatic rings. The summed E-state index contributed by atoms with van der Waals surface area (Å²) in [5.41, 5.74) is 1.94. The van der Waals surface area contributed by atoms with E-state index in [9.17, 15) is 13.2 Å². The molecule has 0 saturated carbocycles. The highest BCUT2D eigenvalue weighted by molar-refractivity contribution is 14.0. The number of nitrogens with zero attached hydrogens (tertiary/aromatic N) is 2. The number of aliphatic imine (C=N–C) groups is 1. The minimum absolute atomic E-state index is 0. The van der Waals surface area contributed by atoms with E-state index in [-0.39, 0.29) is 29.7 Å². The van der Waals surface area contributed by atoms with Crippen molar-refractivity contribution in [2.45, 2.75) is 19.3 Å². The predicted octanol–water partition coefficient (Wildman–Crippen LogP) is 4.05. The molecular formula is C22H30F3IN4O2. The Balaban J connectivity index is 0.00000512. The van der Waals surface area contributed by atoms with Gasteiger partial charge in [-0.2, -0.15) is 13.2 Å². The van der Waals surface area contributed by atoms with Crippen molar-refractivity contribution >= 4 is 29.9 Å². The zero-order chi connectivity index (χ0) is 22.7. The zero-order valence-electron chi connectivity index (χ0n) is 18.4. The number of halogens is 4. The van der Waals surface area contributed by atoms with Gasteiger partial charge < -0.3 is 25.0 Å². The number of guanidine groups is 1. The number of nitrogens with one attached hydrogen (secondary N) is 2. The summed E-state index contributed by atoms with van der Waals surface area (Å²) in [5, 5.41) is 6.41. The van der Waals surface area contributed by atoms with E-state index < -0.39 is 12.8 Å². The lowest BCUT2D eigenvalue weighted by Gasteiger charge is -2.14. The fourth-order valence-corrected chi connectivity index (χ4v) is 2.55. The molecule has 0 aliphatic heterocycles. The maximum absolute atomic E-state index is 12.2. The average Bonchev–Trinajstić information content (AvgIpc) is 2.73. The van der Waals surface area contributed by atoms with E-state index in [0.29, 0.717) is 25.7 Å². The molecule has 10 heteroatoms. The van der Waals surface area contributed by atoms with Crippen LogP contribution in [-0.4, -0.2) is 57.9 Å². The third kappa shape index (κ3) is 11.4. The van der Waals surface area contributed by atoms with Crippen LogP contribution in [0.25, 0.3) is 0 Å². The molecular weight excluding hydrogens is 536 g/mol. The standard InChI is InChI=1S/C22H29F3N4O2.HI/c1-26-21(27-14-17-7-9-19(10-8-17)31-16-22(23,24)25)28-15-18-5-4-6-20(13-18)30-12-11-29(2)3;/h4-10,13H,11-12,14-16H2,1-3H3,(H2,26,27,28);1H. The lowest BCUT2D eigenvalue weighted by Crippen LogP contribution is -2.36. The Bertz CT molecular complexity index is 831. The van der Waals surface area contributed by atoms with Crippen LogP contribution >= 0.6 is 24.0 Å². The number of hydrogen-bond acceptors (Lipinski definition) is 4. The van der Waals surface area contributed by atoms with E-state index in [1.165, 1.54) is 12.1 Å². The van der Waals surface area contributed by atoms with Crippen LogP contribution in [0.1, 0.15) is 11.1 Å². The monoisotopic (exact) mass is 566 g/mol. The number of alkyl halides is 3. The van der Waals surface area contributed by atoms with E-state index in [1.54, 1.807) is 19.2 Å². The number of benzene rings is 2. The second-order valence-corrected chi connectivity index (χ2v) is 7.13. The lowest BCUT2D eigenvalue weighted by atomic mass is 10.2. The second kappa shape index (κ2) is 14.0. The zero-order valence-corrected chi connectivity index (χ0v) is 20.7. The Hall–Kier alpha value is -2.21. The Morgan fingerprint density at radius 3 is 2.19 bits per heavy atom. The maximum Gasteiger partial charge on any atom is 0.422 e. The number of likely N-dealkylation sites (N-methyl/N-ethyl adjacent to an activating group) is 1. The summed E-state index contributed by atoms with van der Waals surface area (Å²) in [6.45, 7) is 1.19. The van der Waals surface area contributed by atoms with Gasteiger partial charge in [-0.1, -0.05) is 24.3 Å². The summed E-state index contributed by atoms with van der Waals surface area (Å²) in [4.78, 5) is 6.25. The van der Waals surface area contributed by atoms with E-state index in [1.807, 2.05) is 38.4 Å². The van der Waals surface area contributed by atoms with Crippen molar-refractivity contribution in [1.29, 1.82) is 0 Å². The quantitative estimate of drug-likeness (QED) is 0.258. The van der Waals surface area contributed by atoms with Gasteiger partial charge in [0.25, 0.3) is 0 Å². The molecule has 0 bridgehead atoms. The first-order chi connectivity index (χ1) is 14.7. The van der Waals surface area contributed by atoms with E-state index in [2.05, 4.69) is 20.5 Å². The predicted molar refractivity (Wildman–Crippen MR) is 131 cm³/mol. The van der Waals surface area contributed by atoms with E-state index >= 15 is 0 Å². The van der Waals surface area contributed by atoms with Crippen molar-refractivity contribution in [2.75, 3.05) is 40.9 Å². The minimum atomic E-state index is -4.35. The molecule has 0 heterocycles. The first-order valence-electron chi connectivity index (χ1n) is 9.84. The van der Waals surface area contributed by atoms with Gasteiger partial charge in [0.15, 0.2) is 12.6 Å². The third-order valence-electron chi connectivity index (χ3n) is 4.18. The van der Waals surface area contributed by atoms with Crippen LogP contribution in [0.5, 0.6) is 11.5 Å². The molecule has 2 aromatic rings. The van der Waals surface area contributed by atoms with Crippen LogP contribution in [0.15, 0.2) is 53.5 Å². The van der Waals surface area contributed by atoms with E-state index in [4.69, 9.17) is 9.47 Å². The number of hydrogen-bond donors (Lipinski definition) is 2. The summed E-state index contributed by atoms with van der Waals surface area (Å²) in [5.74, 6) is 1.60. The van der Waals surface area contributed by atoms with Crippen LogP contribution in [0.2, 0.25) is 0 Å². The fourth-order valence-electron chi connectivity index (χ4n) is 2.55. The van der Waals surface area contributed by atoms with Crippen LogP contribution in [0.4, 0.5) is 13.2 Å². The molecule has 0 aromatic heterocycles. The topological polar surface area (TPSA) is 58.1 Å². The SMILES string of the molecule is CN=C(NCc1ccc(OCC(F)(F)F)cc1)NCc1cccc(OCCN(C)C)c1.I. The van der Waals surface area contributed by atoms with Crippen molar-refractivity contribution in [1.82, 2.24) is 15.5 Å². The minimum Gasteiger partial charge on any atom is -0.492 e. The lowest BCUT2D eigenvalue weighted by molar-refractivity contribution is -0.153. The van der Waals surface area contributed by atoms with Gasteiger partial charge in [-0.15, -0.1) is 24.0 Å². The van der Waals surface area contributed by atoms with Crippen LogP contribution in [0.3, 0.4) is 0 Å². The normalized spacial score (nSPS) is 11.7. The van der Waals surface area contributed by atoms with Crippen LogP contribution in [-0.2, 0) is 13.1 Å². The summed E-state index contributed by atoms with van der Waals surface area (Å²) in [6, 6.07) is 14.3. The first kappa shape index (κ1) is 27.8. The van der Waals surface area contributed by atoms with Crippen molar-refractivity contribution in [3.05, 3.63) is 59.7 Å². The summed E-state index contributed by atoms with van der Waals surface area (Å²) in [6.07, 6.45) is -4.35. The van der Waals surface area contributed by atoms with Gasteiger partial charge >= 0.3 is 6.18 Å². The molecule has 0 saturated heterocycles. The molecule has 0 radical (unpaired) electrons. The fraction of sp³-hybridized carbons (Fsp3) is 0.409. The Labute approximate surface area is 204 Å². The largest absolute Gasteiger partial charge is 0.492 e. The molecule has 0 aliphatic carbocycles. The van der Waals surface area contributed by atoms with Gasteiger partial charge in [0, 0.05) is 26.7 Å². The molecule has 0 atom stereocenters. The smallest absolute Gasteiger partial charge is 0.422 e. The van der Waals surface area contributed by atoms with Gasteiger partial charge in [0.1, 0.15) is 18.1 Å². The van der Waals surface area contributed by atoms with Gasteiger partial charge in [0.2, 0.25) is 0 Å².